The van der Waals surface area contributed by atoms with E-state index in [1.807, 2.05) is 24.3 Å². The lowest BCUT2D eigenvalue weighted by atomic mass is 9.80. The minimum atomic E-state index is -4.74. The molecule has 1 aliphatic carbocycles. The summed E-state index contributed by atoms with van der Waals surface area (Å²) in [6, 6.07) is 7.76. The normalized spacial score (nSPS) is 15.3. The first-order valence-corrected chi connectivity index (χ1v) is 7.33. The van der Waals surface area contributed by atoms with Gasteiger partial charge in [-0.15, -0.1) is 0 Å². The summed E-state index contributed by atoms with van der Waals surface area (Å²) in [5.74, 6) is -1.67. The molecule has 0 radical (unpaired) electrons. The van der Waals surface area contributed by atoms with Gasteiger partial charge in [-0.25, -0.2) is 4.98 Å². The van der Waals surface area contributed by atoms with Crippen LogP contribution < -0.4 is 5.32 Å². The number of amides is 1. The van der Waals surface area contributed by atoms with Gasteiger partial charge in [-0.1, -0.05) is 30.7 Å². The number of oxazole rings is 1. The van der Waals surface area contributed by atoms with E-state index in [4.69, 9.17) is 0 Å². The van der Waals surface area contributed by atoms with Crippen LogP contribution in [0.15, 0.2) is 35.1 Å². The molecule has 0 atom stereocenters. The molecule has 0 bridgehead atoms. The van der Waals surface area contributed by atoms with Crippen molar-refractivity contribution in [3.63, 3.8) is 0 Å². The van der Waals surface area contributed by atoms with Gasteiger partial charge in [0, 0.05) is 6.54 Å². The average Bonchev–Trinajstić information content (AvgIpc) is 2.94. The van der Waals surface area contributed by atoms with Crippen molar-refractivity contribution in [2.45, 2.75) is 37.9 Å². The maximum atomic E-state index is 12.7. The third-order valence-corrected chi connectivity index (χ3v) is 4.05. The molecule has 0 aliphatic heterocycles. The lowest BCUT2D eigenvalue weighted by Crippen LogP contribution is -2.25. The molecule has 0 unspecified atom stereocenters. The molecule has 2 aromatic rings. The lowest BCUT2D eigenvalue weighted by molar-refractivity contribution is -0.153. The van der Waals surface area contributed by atoms with Gasteiger partial charge in [-0.3, -0.25) is 4.79 Å². The summed E-state index contributed by atoms with van der Waals surface area (Å²) in [5, 5.41) is 2.43. The summed E-state index contributed by atoms with van der Waals surface area (Å²) in [7, 11) is 0. The third kappa shape index (κ3) is 3.38. The van der Waals surface area contributed by atoms with Gasteiger partial charge in [0.25, 0.3) is 5.91 Å². The van der Waals surface area contributed by atoms with Crippen LogP contribution in [0.1, 0.15) is 52.6 Å². The van der Waals surface area contributed by atoms with Crippen LogP contribution in [0.25, 0.3) is 0 Å². The molecule has 0 spiro atoms. The summed E-state index contributed by atoms with van der Waals surface area (Å²) < 4.78 is 42.2. The number of nitrogens with zero attached hydrogens (tertiary/aromatic N) is 1. The van der Waals surface area contributed by atoms with Crippen molar-refractivity contribution in [1.82, 2.24) is 10.3 Å². The molecule has 1 saturated carbocycles. The van der Waals surface area contributed by atoms with Crippen LogP contribution in [0, 0.1) is 0 Å². The molecule has 4 nitrogen and oxygen atoms in total. The molecule has 0 saturated heterocycles. The fourth-order valence-electron chi connectivity index (χ4n) is 2.52. The van der Waals surface area contributed by atoms with Crippen LogP contribution in [0.5, 0.6) is 0 Å². The van der Waals surface area contributed by atoms with Gasteiger partial charge in [-0.05, 0) is 29.9 Å². The van der Waals surface area contributed by atoms with Gasteiger partial charge in [0.05, 0.1) is 0 Å². The first-order valence-electron chi connectivity index (χ1n) is 7.33. The molecule has 7 heteroatoms. The van der Waals surface area contributed by atoms with E-state index in [0.717, 1.165) is 5.56 Å². The van der Waals surface area contributed by atoms with Crippen molar-refractivity contribution in [3.05, 3.63) is 53.2 Å². The summed E-state index contributed by atoms with van der Waals surface area (Å²) >= 11 is 0. The fourth-order valence-corrected chi connectivity index (χ4v) is 2.52. The predicted molar refractivity (Wildman–Crippen MR) is 75.7 cm³/mol. The van der Waals surface area contributed by atoms with E-state index < -0.39 is 23.5 Å². The van der Waals surface area contributed by atoms with Crippen LogP contribution >= 0.6 is 0 Å². The van der Waals surface area contributed by atoms with Gasteiger partial charge in [0.2, 0.25) is 5.76 Å². The number of rotatable bonds is 4. The maximum Gasteiger partial charge on any atom is 0.452 e. The van der Waals surface area contributed by atoms with Gasteiger partial charge in [0.15, 0.2) is 12.1 Å². The SMILES string of the molecule is O=C(NCc1ccc(C2CCC2)cc1)c1ncoc1C(F)(F)F. The lowest BCUT2D eigenvalue weighted by Gasteiger charge is -2.25. The second kappa shape index (κ2) is 6.06. The highest BCUT2D eigenvalue weighted by Crippen LogP contribution is 2.36. The summed E-state index contributed by atoms with van der Waals surface area (Å²) in [4.78, 5) is 15.2. The van der Waals surface area contributed by atoms with Crippen LogP contribution in [0.2, 0.25) is 0 Å². The molecule has 1 heterocycles. The number of halogens is 3. The maximum absolute atomic E-state index is 12.7. The number of hydrogen-bond acceptors (Lipinski definition) is 3. The number of hydrogen-bond donors (Lipinski definition) is 1. The first kappa shape index (κ1) is 15.6. The Morgan fingerprint density at radius 3 is 2.52 bits per heavy atom. The molecule has 1 amide bonds. The Hall–Kier alpha value is -2.31. The highest BCUT2D eigenvalue weighted by molar-refractivity contribution is 5.93. The second-order valence-electron chi connectivity index (χ2n) is 5.58. The van der Waals surface area contributed by atoms with Crippen molar-refractivity contribution in [2.75, 3.05) is 0 Å². The number of carbonyl (C=O) groups excluding carboxylic acids is 1. The van der Waals surface area contributed by atoms with Crippen molar-refractivity contribution in [2.24, 2.45) is 0 Å². The van der Waals surface area contributed by atoms with Crippen molar-refractivity contribution >= 4 is 5.91 Å². The van der Waals surface area contributed by atoms with Crippen molar-refractivity contribution in [3.8, 4) is 0 Å². The highest BCUT2D eigenvalue weighted by atomic mass is 19.4. The highest BCUT2D eigenvalue weighted by Gasteiger charge is 2.40. The third-order valence-electron chi connectivity index (χ3n) is 4.05. The fraction of sp³-hybridized carbons (Fsp3) is 0.375. The predicted octanol–water partition coefficient (Wildman–Crippen LogP) is 3.89. The Balaban J connectivity index is 1.62. The summed E-state index contributed by atoms with van der Waals surface area (Å²) in [5.41, 5.74) is 1.34. The number of nitrogens with one attached hydrogen (secondary N) is 1. The minimum absolute atomic E-state index is 0.133. The Kier molecular flexibility index (Phi) is 4.11. The van der Waals surface area contributed by atoms with Gasteiger partial charge in [-0.2, -0.15) is 13.2 Å². The average molecular weight is 324 g/mol. The second-order valence-corrected chi connectivity index (χ2v) is 5.58. The standard InChI is InChI=1S/C16H15F3N2O2/c17-16(18,19)14-13(21-9-23-14)15(22)20-8-10-4-6-12(7-5-10)11-2-1-3-11/h4-7,9,11H,1-3,8H2,(H,20,22). The van der Waals surface area contributed by atoms with Gasteiger partial charge in [0.1, 0.15) is 0 Å². The number of carbonyl (C=O) groups is 1. The molecule has 23 heavy (non-hydrogen) atoms. The number of alkyl halides is 3. The van der Waals surface area contributed by atoms with Gasteiger partial charge < -0.3 is 9.73 Å². The summed E-state index contributed by atoms with van der Waals surface area (Å²) in [6.45, 7) is 0.133. The Morgan fingerprint density at radius 2 is 1.96 bits per heavy atom. The first-order chi connectivity index (χ1) is 10.9. The molecule has 3 rings (SSSR count). The van der Waals surface area contributed by atoms with E-state index in [9.17, 15) is 18.0 Å². The van der Waals surface area contributed by atoms with Gasteiger partial charge >= 0.3 is 6.18 Å². The zero-order valence-electron chi connectivity index (χ0n) is 12.2. The molecule has 1 fully saturated rings. The van der Waals surface area contributed by atoms with E-state index in [1.54, 1.807) is 0 Å². The summed E-state index contributed by atoms with van der Waals surface area (Å²) in [6.07, 6.45) is -0.481. The molecular weight excluding hydrogens is 309 g/mol. The van der Waals surface area contributed by atoms with E-state index in [0.29, 0.717) is 12.3 Å². The minimum Gasteiger partial charge on any atom is -0.438 e. The zero-order valence-corrected chi connectivity index (χ0v) is 12.2. The number of aromatic nitrogens is 1. The number of benzene rings is 1. The topological polar surface area (TPSA) is 55.1 Å². The van der Waals surface area contributed by atoms with Crippen molar-refractivity contribution < 1.29 is 22.4 Å². The van der Waals surface area contributed by atoms with Crippen LogP contribution in [-0.2, 0) is 12.7 Å². The Labute approximate surface area is 130 Å². The molecule has 1 N–H and O–H groups in total. The molecular formula is C16H15F3N2O2. The van der Waals surface area contributed by atoms with Crippen LogP contribution in [0.4, 0.5) is 13.2 Å². The molecule has 1 aliphatic rings. The van der Waals surface area contributed by atoms with E-state index in [-0.39, 0.29) is 6.54 Å². The molecule has 1 aromatic heterocycles. The van der Waals surface area contributed by atoms with E-state index >= 15 is 0 Å². The zero-order chi connectivity index (χ0) is 16.4. The monoisotopic (exact) mass is 324 g/mol. The molecule has 122 valence electrons. The largest absolute Gasteiger partial charge is 0.452 e. The Bertz CT molecular complexity index is 688. The van der Waals surface area contributed by atoms with E-state index in [2.05, 4.69) is 14.7 Å². The molecule has 1 aromatic carbocycles. The van der Waals surface area contributed by atoms with Crippen LogP contribution in [-0.4, -0.2) is 10.9 Å². The van der Waals surface area contributed by atoms with Crippen molar-refractivity contribution in [1.29, 1.82) is 0 Å². The Morgan fingerprint density at radius 1 is 1.26 bits per heavy atom. The smallest absolute Gasteiger partial charge is 0.438 e. The quantitative estimate of drug-likeness (QED) is 0.928. The van der Waals surface area contributed by atoms with E-state index in [1.165, 1.54) is 24.8 Å². The van der Waals surface area contributed by atoms with Crippen LogP contribution in [0.3, 0.4) is 0 Å².